The maximum absolute atomic E-state index is 11.9. The zero-order chi connectivity index (χ0) is 18.4. The smallest absolute Gasteiger partial charge is 0.224 e. The number of amides is 1. The minimum Gasteiger partial charge on any atom is -0.396 e. The molecule has 7 heteroatoms. The summed E-state index contributed by atoms with van der Waals surface area (Å²) in [6.45, 7) is 2.22. The first-order valence-electron chi connectivity index (χ1n) is 8.60. The topological polar surface area (TPSA) is 75.1 Å². The van der Waals surface area contributed by atoms with Crippen LogP contribution in [0.15, 0.2) is 36.0 Å². The van der Waals surface area contributed by atoms with E-state index in [1.165, 1.54) is 11.3 Å². The number of carbonyl (C=O) groups is 1. The molecule has 0 aliphatic heterocycles. The molecule has 3 rings (SSSR count). The number of aliphatic hydroxyl groups excluding tert-OH is 1. The second kappa shape index (κ2) is 9.02. The molecule has 1 amide bonds. The number of aliphatic hydroxyl groups is 1. The largest absolute Gasteiger partial charge is 0.396 e. The van der Waals surface area contributed by atoms with E-state index in [4.69, 9.17) is 10.1 Å². The fraction of sp³-hybridized carbons (Fsp3) is 0.316. The maximum Gasteiger partial charge on any atom is 0.224 e. The van der Waals surface area contributed by atoms with Crippen LogP contribution in [0, 0.1) is 0 Å². The number of hydrogen-bond donors (Lipinski definition) is 2. The zero-order valence-electron chi connectivity index (χ0n) is 14.6. The molecule has 0 atom stereocenters. The quantitative estimate of drug-likeness (QED) is 0.592. The Hall–Kier alpha value is -2.09. The Morgan fingerprint density at radius 1 is 1.23 bits per heavy atom. The number of rotatable bonds is 8. The van der Waals surface area contributed by atoms with Crippen LogP contribution in [0.25, 0.3) is 21.1 Å². The van der Waals surface area contributed by atoms with Crippen molar-refractivity contribution in [2.75, 3.05) is 11.9 Å². The maximum atomic E-state index is 11.9. The molecule has 0 aliphatic rings. The summed E-state index contributed by atoms with van der Waals surface area (Å²) in [5.41, 5.74) is 2.41. The summed E-state index contributed by atoms with van der Waals surface area (Å²) >= 11 is 3.16. The van der Waals surface area contributed by atoms with Gasteiger partial charge in [0.05, 0.1) is 39.2 Å². The van der Waals surface area contributed by atoms with E-state index < -0.39 is 0 Å². The third kappa shape index (κ3) is 4.75. The van der Waals surface area contributed by atoms with Crippen molar-refractivity contribution < 1.29 is 9.90 Å². The lowest BCUT2D eigenvalue weighted by molar-refractivity contribution is -0.116. The van der Waals surface area contributed by atoms with Crippen molar-refractivity contribution in [3.63, 3.8) is 0 Å². The van der Waals surface area contributed by atoms with Crippen LogP contribution < -0.4 is 5.32 Å². The highest BCUT2D eigenvalue weighted by molar-refractivity contribution is 7.15. The van der Waals surface area contributed by atoms with Crippen LogP contribution >= 0.6 is 22.7 Å². The number of unbranched alkanes of at least 4 members (excludes halogenated alkanes) is 1. The molecule has 0 fully saturated rings. The van der Waals surface area contributed by atoms with E-state index in [-0.39, 0.29) is 12.5 Å². The summed E-state index contributed by atoms with van der Waals surface area (Å²) in [5.74, 6) is 0.0473. The predicted molar refractivity (Wildman–Crippen MR) is 108 cm³/mol. The van der Waals surface area contributed by atoms with E-state index in [1.54, 1.807) is 23.7 Å². The van der Waals surface area contributed by atoms with Crippen molar-refractivity contribution >= 4 is 34.3 Å². The Kier molecular flexibility index (Phi) is 6.49. The first-order chi connectivity index (χ1) is 12.7. The number of thiophene rings is 2. The fourth-order valence-electron chi connectivity index (χ4n) is 2.46. The molecular formula is C19H21N3O2S2. The number of carbonyl (C=O) groups excluding carboxylic acids is 1. The van der Waals surface area contributed by atoms with Gasteiger partial charge in [-0.25, -0.2) is 4.98 Å². The third-order valence-electron chi connectivity index (χ3n) is 3.80. The number of hydrogen-bond acceptors (Lipinski definition) is 6. The second-order valence-electron chi connectivity index (χ2n) is 5.88. The lowest BCUT2D eigenvalue weighted by Gasteiger charge is -2.01. The first-order valence-corrected chi connectivity index (χ1v) is 10.3. The Balaban J connectivity index is 1.74. The molecule has 3 heterocycles. The van der Waals surface area contributed by atoms with E-state index in [0.717, 1.165) is 44.5 Å². The Morgan fingerprint density at radius 2 is 2.04 bits per heavy atom. The van der Waals surface area contributed by atoms with Gasteiger partial charge < -0.3 is 10.4 Å². The van der Waals surface area contributed by atoms with E-state index in [2.05, 4.69) is 17.2 Å². The van der Waals surface area contributed by atoms with Gasteiger partial charge in [-0.3, -0.25) is 9.78 Å². The van der Waals surface area contributed by atoms with Gasteiger partial charge in [-0.1, -0.05) is 13.3 Å². The molecular weight excluding hydrogens is 366 g/mol. The molecule has 26 heavy (non-hydrogen) atoms. The van der Waals surface area contributed by atoms with Gasteiger partial charge >= 0.3 is 0 Å². The average Bonchev–Trinajstić information content (AvgIpc) is 3.30. The highest BCUT2D eigenvalue weighted by Crippen LogP contribution is 2.31. The van der Waals surface area contributed by atoms with Gasteiger partial charge in [0.15, 0.2) is 0 Å². The van der Waals surface area contributed by atoms with Crippen molar-refractivity contribution in [3.8, 4) is 21.1 Å². The van der Waals surface area contributed by atoms with Gasteiger partial charge in [-0.2, -0.15) is 0 Å². The van der Waals surface area contributed by atoms with Gasteiger partial charge in [0, 0.05) is 29.7 Å². The summed E-state index contributed by atoms with van der Waals surface area (Å²) in [6.07, 6.45) is 6.59. The van der Waals surface area contributed by atoms with E-state index in [0.29, 0.717) is 12.8 Å². The van der Waals surface area contributed by atoms with Crippen LogP contribution in [0.4, 0.5) is 5.69 Å². The fourth-order valence-corrected chi connectivity index (χ4v) is 4.21. The molecule has 136 valence electrons. The minimum atomic E-state index is 0.0473. The highest BCUT2D eigenvalue weighted by atomic mass is 32.1. The van der Waals surface area contributed by atoms with Gasteiger partial charge in [-0.15, -0.1) is 22.7 Å². The lowest BCUT2D eigenvalue weighted by Crippen LogP contribution is -2.09. The molecule has 2 N–H and O–H groups in total. The molecule has 0 bridgehead atoms. The predicted octanol–water partition coefficient (Wildman–Crippen LogP) is 4.60. The van der Waals surface area contributed by atoms with Crippen molar-refractivity contribution in [1.29, 1.82) is 0 Å². The van der Waals surface area contributed by atoms with Crippen LogP contribution in [0.1, 0.15) is 31.1 Å². The molecule has 5 nitrogen and oxygen atoms in total. The first kappa shape index (κ1) is 18.7. The van der Waals surface area contributed by atoms with Crippen molar-refractivity contribution in [3.05, 3.63) is 40.8 Å². The molecule has 0 aromatic carbocycles. The Labute approximate surface area is 160 Å². The van der Waals surface area contributed by atoms with E-state index in [1.807, 2.05) is 23.6 Å². The summed E-state index contributed by atoms with van der Waals surface area (Å²) in [7, 11) is 0. The molecule has 0 saturated heterocycles. The SMILES string of the molecule is CCCCC(=O)Nc1csc(-c2cncc(-c3ccc(CCO)s3)n2)c1. The van der Waals surface area contributed by atoms with Gasteiger partial charge in [-0.05, 0) is 24.6 Å². The van der Waals surface area contributed by atoms with Crippen LogP contribution in [0.3, 0.4) is 0 Å². The summed E-state index contributed by atoms with van der Waals surface area (Å²) in [4.78, 5) is 24.0. The molecule has 0 spiro atoms. The standard InChI is InChI=1S/C19H21N3O2S2/c1-2-3-4-19(24)21-13-9-18(25-12-13)16-11-20-10-15(22-16)17-6-5-14(26-17)7-8-23/h5-6,9-12,23H,2-4,7-8H2,1H3,(H,21,24). The molecule has 3 aromatic rings. The summed E-state index contributed by atoms with van der Waals surface area (Å²) in [5, 5.41) is 13.9. The number of nitrogens with zero attached hydrogens (tertiary/aromatic N) is 2. The Morgan fingerprint density at radius 3 is 2.81 bits per heavy atom. The highest BCUT2D eigenvalue weighted by Gasteiger charge is 2.10. The van der Waals surface area contributed by atoms with Crippen LogP contribution in [-0.4, -0.2) is 27.6 Å². The van der Waals surface area contributed by atoms with Crippen LogP contribution in [-0.2, 0) is 11.2 Å². The average molecular weight is 388 g/mol. The lowest BCUT2D eigenvalue weighted by atomic mass is 10.2. The van der Waals surface area contributed by atoms with Crippen LogP contribution in [0.5, 0.6) is 0 Å². The monoisotopic (exact) mass is 387 g/mol. The number of anilines is 1. The van der Waals surface area contributed by atoms with Crippen molar-refractivity contribution in [2.24, 2.45) is 0 Å². The number of aromatic nitrogens is 2. The van der Waals surface area contributed by atoms with Crippen LogP contribution in [0.2, 0.25) is 0 Å². The molecule has 0 radical (unpaired) electrons. The van der Waals surface area contributed by atoms with Crippen molar-refractivity contribution in [2.45, 2.75) is 32.6 Å². The number of nitrogens with one attached hydrogen (secondary N) is 1. The van der Waals surface area contributed by atoms with Gasteiger partial charge in [0.25, 0.3) is 0 Å². The summed E-state index contributed by atoms with van der Waals surface area (Å²) < 4.78 is 0. The Bertz CT molecular complexity index is 873. The molecule has 0 saturated carbocycles. The van der Waals surface area contributed by atoms with E-state index in [9.17, 15) is 4.79 Å². The molecule has 3 aromatic heterocycles. The van der Waals surface area contributed by atoms with Crippen molar-refractivity contribution in [1.82, 2.24) is 9.97 Å². The van der Waals surface area contributed by atoms with Gasteiger partial charge in [0.1, 0.15) is 0 Å². The van der Waals surface area contributed by atoms with E-state index >= 15 is 0 Å². The van der Waals surface area contributed by atoms with Gasteiger partial charge in [0.2, 0.25) is 5.91 Å². The summed E-state index contributed by atoms with van der Waals surface area (Å²) in [6, 6.07) is 5.96. The minimum absolute atomic E-state index is 0.0473. The normalized spacial score (nSPS) is 10.8. The molecule has 0 unspecified atom stereocenters. The zero-order valence-corrected chi connectivity index (χ0v) is 16.2. The molecule has 0 aliphatic carbocycles. The third-order valence-corrected chi connectivity index (χ3v) is 5.92. The second-order valence-corrected chi connectivity index (χ2v) is 7.96.